The summed E-state index contributed by atoms with van der Waals surface area (Å²) in [7, 11) is 0. The second kappa shape index (κ2) is 2.35. The van der Waals surface area contributed by atoms with Gasteiger partial charge in [-0.2, -0.15) is 0 Å². The summed E-state index contributed by atoms with van der Waals surface area (Å²) in [6.07, 6.45) is 10.6. The largest absolute Gasteiger partial charge is 0.269 e. The Hall–Kier alpha value is -0.850. The molecule has 0 bridgehead atoms. The van der Waals surface area contributed by atoms with Crippen LogP contribution in [0, 0.1) is 0 Å². The Bertz CT molecular complexity index is 106. The Labute approximate surface area is 43.1 Å². The van der Waals surface area contributed by atoms with Crippen molar-refractivity contribution in [2.75, 3.05) is 0 Å². The molecule has 0 radical (unpaired) electrons. The Morgan fingerprint density at radius 3 is 3.29 bits per heavy atom. The van der Waals surface area contributed by atoms with Gasteiger partial charge in [0.15, 0.2) is 0 Å². The number of aliphatic imine (C=N–C) groups is 1. The second-order valence-corrected chi connectivity index (χ2v) is 1.34. The summed E-state index contributed by atoms with van der Waals surface area (Å²) < 4.78 is 0. The summed E-state index contributed by atoms with van der Waals surface area (Å²) in [5, 5.41) is 0. The third kappa shape index (κ3) is 1.35. The third-order valence-corrected chi connectivity index (χ3v) is 0.766. The monoisotopic (exact) mass is 93.1 g/mol. The fourth-order valence-electron chi connectivity index (χ4n) is 0.439. The van der Waals surface area contributed by atoms with Gasteiger partial charge in [-0.05, 0) is 6.08 Å². The Balaban J connectivity index is 2.60. The van der Waals surface area contributed by atoms with Gasteiger partial charge in [0.25, 0.3) is 0 Å². The molecule has 0 atom stereocenters. The van der Waals surface area contributed by atoms with E-state index in [1.54, 1.807) is 6.20 Å². The molecular formula is C6H7N. The van der Waals surface area contributed by atoms with E-state index in [1.165, 1.54) is 0 Å². The van der Waals surface area contributed by atoms with Crippen molar-refractivity contribution < 1.29 is 0 Å². The molecule has 1 nitrogen and oxygen atoms in total. The van der Waals surface area contributed by atoms with Crippen LogP contribution in [0.25, 0.3) is 0 Å². The van der Waals surface area contributed by atoms with Crippen LogP contribution in [0.2, 0.25) is 0 Å². The Kier molecular flexibility index (Phi) is 1.44. The van der Waals surface area contributed by atoms with Crippen LogP contribution in [0.3, 0.4) is 0 Å². The van der Waals surface area contributed by atoms with Crippen LogP contribution >= 0.6 is 0 Å². The van der Waals surface area contributed by atoms with Crippen molar-refractivity contribution in [3.05, 3.63) is 24.4 Å². The van der Waals surface area contributed by atoms with Crippen molar-refractivity contribution in [1.29, 1.82) is 0 Å². The van der Waals surface area contributed by atoms with Crippen LogP contribution in [0.4, 0.5) is 0 Å². The maximum Gasteiger partial charge on any atom is 0.0263 e. The molecule has 0 aliphatic carbocycles. The number of allylic oxidation sites excluding steroid dienone is 3. The zero-order chi connectivity index (χ0) is 4.95. The first-order valence-electron chi connectivity index (χ1n) is 2.33. The van der Waals surface area contributed by atoms with Crippen molar-refractivity contribution in [1.82, 2.24) is 0 Å². The first-order valence-corrected chi connectivity index (χ1v) is 2.33. The highest BCUT2D eigenvalue weighted by molar-refractivity contribution is 5.61. The fourth-order valence-corrected chi connectivity index (χ4v) is 0.439. The molecule has 1 aliphatic rings. The van der Waals surface area contributed by atoms with E-state index in [1.807, 2.05) is 18.4 Å². The Morgan fingerprint density at radius 1 is 1.29 bits per heavy atom. The van der Waals surface area contributed by atoms with Gasteiger partial charge < -0.3 is 0 Å². The molecule has 0 aromatic carbocycles. The van der Waals surface area contributed by atoms with Crippen LogP contribution in [-0.4, -0.2) is 6.21 Å². The van der Waals surface area contributed by atoms with Crippen LogP contribution in [0.15, 0.2) is 29.4 Å². The number of nitrogens with zero attached hydrogens (tertiary/aromatic N) is 1. The van der Waals surface area contributed by atoms with Gasteiger partial charge in [0.05, 0.1) is 0 Å². The molecule has 0 aromatic heterocycles. The molecule has 1 heterocycles. The van der Waals surface area contributed by atoms with Gasteiger partial charge in [0.2, 0.25) is 0 Å². The first kappa shape index (κ1) is 4.31. The summed E-state index contributed by atoms with van der Waals surface area (Å²) >= 11 is 0. The summed E-state index contributed by atoms with van der Waals surface area (Å²) in [5.74, 6) is 0. The second-order valence-electron chi connectivity index (χ2n) is 1.34. The summed E-state index contributed by atoms with van der Waals surface area (Å²) in [5.41, 5.74) is 0. The quantitative estimate of drug-likeness (QED) is 0.430. The van der Waals surface area contributed by atoms with Crippen LogP contribution in [0.1, 0.15) is 6.42 Å². The lowest BCUT2D eigenvalue weighted by Crippen LogP contribution is -1.61. The number of hydrogen-bond donors (Lipinski definition) is 0. The molecule has 1 heteroatoms. The highest BCUT2D eigenvalue weighted by Gasteiger charge is 1.71. The van der Waals surface area contributed by atoms with E-state index in [2.05, 4.69) is 11.1 Å². The van der Waals surface area contributed by atoms with E-state index >= 15 is 0 Å². The van der Waals surface area contributed by atoms with Crippen molar-refractivity contribution in [2.45, 2.75) is 6.42 Å². The summed E-state index contributed by atoms with van der Waals surface area (Å²) in [6, 6.07) is 0. The topological polar surface area (TPSA) is 12.4 Å². The minimum atomic E-state index is 0.965. The fraction of sp³-hybridized carbons (Fsp3) is 0.167. The lowest BCUT2D eigenvalue weighted by molar-refractivity contribution is 1.50. The summed E-state index contributed by atoms with van der Waals surface area (Å²) in [4.78, 5) is 3.90. The van der Waals surface area contributed by atoms with Crippen LogP contribution in [0.5, 0.6) is 0 Å². The molecule has 1 aliphatic heterocycles. The van der Waals surface area contributed by atoms with Crippen molar-refractivity contribution >= 4 is 6.21 Å². The maximum atomic E-state index is 3.90. The maximum absolute atomic E-state index is 3.90. The van der Waals surface area contributed by atoms with E-state index in [-0.39, 0.29) is 0 Å². The highest BCUT2D eigenvalue weighted by Crippen LogP contribution is 1.86. The van der Waals surface area contributed by atoms with Crippen molar-refractivity contribution in [3.8, 4) is 0 Å². The van der Waals surface area contributed by atoms with Gasteiger partial charge in [-0.1, -0.05) is 12.2 Å². The molecule has 0 spiro atoms. The van der Waals surface area contributed by atoms with Gasteiger partial charge in [0, 0.05) is 18.8 Å². The third-order valence-electron chi connectivity index (χ3n) is 0.766. The van der Waals surface area contributed by atoms with Gasteiger partial charge in [-0.15, -0.1) is 0 Å². The molecule has 1 rings (SSSR count). The van der Waals surface area contributed by atoms with E-state index in [0.717, 1.165) is 6.42 Å². The standard InChI is InChI=1S/C6H7N/c1-2-4-6-7-5-3-1/h1-3,5-6H,4H2. The molecule has 0 fully saturated rings. The van der Waals surface area contributed by atoms with E-state index in [4.69, 9.17) is 0 Å². The highest BCUT2D eigenvalue weighted by atomic mass is 14.7. The molecule has 0 amide bonds. The van der Waals surface area contributed by atoms with Gasteiger partial charge in [-0.25, -0.2) is 0 Å². The van der Waals surface area contributed by atoms with Crippen molar-refractivity contribution in [2.24, 2.45) is 4.99 Å². The zero-order valence-electron chi connectivity index (χ0n) is 4.04. The van der Waals surface area contributed by atoms with Crippen LogP contribution < -0.4 is 0 Å². The van der Waals surface area contributed by atoms with E-state index in [0.29, 0.717) is 0 Å². The molecule has 36 valence electrons. The lowest BCUT2D eigenvalue weighted by Gasteiger charge is -1.68. The Morgan fingerprint density at radius 2 is 2.29 bits per heavy atom. The van der Waals surface area contributed by atoms with E-state index in [9.17, 15) is 0 Å². The molecule has 7 heavy (non-hydrogen) atoms. The normalized spacial score (nSPS) is 17.1. The predicted octanol–water partition coefficient (Wildman–Crippen LogP) is 1.53. The van der Waals surface area contributed by atoms with E-state index < -0.39 is 0 Å². The molecular weight excluding hydrogens is 86.1 g/mol. The molecule has 0 unspecified atom stereocenters. The molecule has 0 saturated heterocycles. The SMILES string of the molecule is C1=CCC=NC=C1. The number of hydrogen-bond acceptors (Lipinski definition) is 1. The van der Waals surface area contributed by atoms with Gasteiger partial charge in [0.1, 0.15) is 0 Å². The molecule has 0 aromatic rings. The molecule has 0 saturated carbocycles. The average Bonchev–Trinajstić information content (AvgIpc) is 1.90. The minimum Gasteiger partial charge on any atom is -0.269 e. The number of rotatable bonds is 0. The molecule has 0 N–H and O–H groups in total. The van der Waals surface area contributed by atoms with Gasteiger partial charge in [-0.3, -0.25) is 4.99 Å². The van der Waals surface area contributed by atoms with Crippen molar-refractivity contribution in [3.63, 3.8) is 0 Å². The lowest BCUT2D eigenvalue weighted by atomic mass is 10.4. The van der Waals surface area contributed by atoms with Crippen LogP contribution in [-0.2, 0) is 0 Å². The zero-order valence-corrected chi connectivity index (χ0v) is 4.04. The first-order chi connectivity index (χ1) is 3.50. The summed E-state index contributed by atoms with van der Waals surface area (Å²) in [6.45, 7) is 0. The predicted molar refractivity (Wildman–Crippen MR) is 31.4 cm³/mol. The smallest absolute Gasteiger partial charge is 0.0263 e. The average molecular weight is 93.1 g/mol. The van der Waals surface area contributed by atoms with Gasteiger partial charge >= 0.3 is 0 Å². The minimum absolute atomic E-state index is 0.965.